The van der Waals surface area contributed by atoms with Crippen LogP contribution in [0.2, 0.25) is 0 Å². The van der Waals surface area contributed by atoms with Gasteiger partial charge in [-0.2, -0.15) is 0 Å². The van der Waals surface area contributed by atoms with Crippen molar-refractivity contribution in [2.45, 2.75) is 38.6 Å². The lowest BCUT2D eigenvalue weighted by Gasteiger charge is -2.25. The van der Waals surface area contributed by atoms with E-state index in [2.05, 4.69) is 27.6 Å². The molecule has 1 saturated heterocycles. The maximum atomic E-state index is 9.35. The predicted molar refractivity (Wildman–Crippen MR) is 70.6 cm³/mol. The standard InChI is InChI=1S/C14H23N3O/c1-2-16-6-5-12(9-16)14-15-7-13-4-3-11(10-18)8-17(13)14/h7,11-12,18H,2-6,8-10H2,1H3. The third-order valence-corrected chi connectivity index (χ3v) is 4.56. The average molecular weight is 249 g/mol. The Morgan fingerprint density at radius 1 is 1.39 bits per heavy atom. The Kier molecular flexibility index (Phi) is 3.39. The van der Waals surface area contributed by atoms with Crippen LogP contribution in [-0.2, 0) is 13.0 Å². The van der Waals surface area contributed by atoms with E-state index in [4.69, 9.17) is 0 Å². The van der Waals surface area contributed by atoms with Gasteiger partial charge in [0.25, 0.3) is 0 Å². The number of imidazole rings is 1. The van der Waals surface area contributed by atoms with Crippen molar-refractivity contribution < 1.29 is 5.11 Å². The molecule has 18 heavy (non-hydrogen) atoms. The van der Waals surface area contributed by atoms with Crippen LogP contribution in [0.5, 0.6) is 0 Å². The summed E-state index contributed by atoms with van der Waals surface area (Å²) in [7, 11) is 0. The Bertz CT molecular complexity index is 415. The molecule has 1 N–H and O–H groups in total. The molecule has 3 rings (SSSR count). The lowest BCUT2D eigenvalue weighted by Crippen LogP contribution is -2.25. The molecule has 0 saturated carbocycles. The van der Waals surface area contributed by atoms with Gasteiger partial charge < -0.3 is 14.6 Å². The number of nitrogens with zero attached hydrogens (tertiary/aromatic N) is 3. The van der Waals surface area contributed by atoms with Gasteiger partial charge in [0.2, 0.25) is 0 Å². The van der Waals surface area contributed by atoms with Gasteiger partial charge in [-0.25, -0.2) is 4.98 Å². The fraction of sp³-hybridized carbons (Fsp3) is 0.786. The highest BCUT2D eigenvalue weighted by atomic mass is 16.3. The number of hydrogen-bond acceptors (Lipinski definition) is 3. The van der Waals surface area contributed by atoms with E-state index in [1.54, 1.807) is 0 Å². The molecule has 1 fully saturated rings. The molecule has 4 heteroatoms. The first-order valence-electron chi connectivity index (χ1n) is 7.19. The molecule has 0 aromatic carbocycles. The maximum absolute atomic E-state index is 9.35. The van der Waals surface area contributed by atoms with Crippen LogP contribution < -0.4 is 0 Å². The Balaban J connectivity index is 1.80. The Morgan fingerprint density at radius 2 is 2.28 bits per heavy atom. The number of aryl methyl sites for hydroxylation is 1. The number of aliphatic hydroxyl groups is 1. The summed E-state index contributed by atoms with van der Waals surface area (Å²) in [6.45, 7) is 6.99. The van der Waals surface area contributed by atoms with E-state index in [0.717, 1.165) is 32.5 Å². The minimum absolute atomic E-state index is 0.308. The van der Waals surface area contributed by atoms with Crippen LogP contribution in [0.25, 0.3) is 0 Å². The summed E-state index contributed by atoms with van der Waals surface area (Å²) in [5, 5.41) is 9.35. The van der Waals surface area contributed by atoms with E-state index >= 15 is 0 Å². The molecule has 2 unspecified atom stereocenters. The SMILES string of the molecule is CCN1CCC(c2ncc3n2CC(CO)CC3)C1. The maximum Gasteiger partial charge on any atom is 0.113 e. The summed E-state index contributed by atoms with van der Waals surface area (Å²) in [6.07, 6.45) is 5.46. The zero-order chi connectivity index (χ0) is 12.5. The molecule has 0 spiro atoms. The van der Waals surface area contributed by atoms with Crippen molar-refractivity contribution in [2.24, 2.45) is 5.92 Å². The molecular formula is C14H23N3O. The van der Waals surface area contributed by atoms with Crippen molar-refractivity contribution in [3.05, 3.63) is 17.7 Å². The summed E-state index contributed by atoms with van der Waals surface area (Å²) in [5.74, 6) is 2.28. The largest absolute Gasteiger partial charge is 0.396 e. The first-order chi connectivity index (χ1) is 8.81. The van der Waals surface area contributed by atoms with Gasteiger partial charge in [0.15, 0.2) is 0 Å². The van der Waals surface area contributed by atoms with E-state index in [9.17, 15) is 5.11 Å². The van der Waals surface area contributed by atoms with Gasteiger partial charge in [0, 0.05) is 43.4 Å². The summed E-state index contributed by atoms with van der Waals surface area (Å²) in [5.41, 5.74) is 1.37. The van der Waals surface area contributed by atoms with Crippen molar-refractivity contribution in [1.29, 1.82) is 0 Å². The number of fused-ring (bicyclic) bond motifs is 1. The minimum Gasteiger partial charge on any atom is -0.396 e. The molecule has 0 radical (unpaired) electrons. The van der Waals surface area contributed by atoms with Crippen molar-refractivity contribution in [3.8, 4) is 0 Å². The lowest BCUT2D eigenvalue weighted by atomic mass is 9.98. The van der Waals surface area contributed by atoms with E-state index in [0.29, 0.717) is 18.4 Å². The van der Waals surface area contributed by atoms with E-state index < -0.39 is 0 Å². The molecule has 3 heterocycles. The number of aromatic nitrogens is 2. The number of likely N-dealkylation sites (tertiary alicyclic amines) is 1. The zero-order valence-electron chi connectivity index (χ0n) is 11.2. The monoisotopic (exact) mass is 249 g/mol. The second-order valence-corrected chi connectivity index (χ2v) is 5.68. The molecule has 2 aliphatic heterocycles. The number of likely N-dealkylation sites (N-methyl/N-ethyl adjacent to an activating group) is 1. The third-order valence-electron chi connectivity index (χ3n) is 4.56. The topological polar surface area (TPSA) is 41.3 Å². The molecule has 100 valence electrons. The smallest absolute Gasteiger partial charge is 0.113 e. The highest BCUT2D eigenvalue weighted by molar-refractivity contribution is 5.13. The fourth-order valence-corrected chi connectivity index (χ4v) is 3.34. The minimum atomic E-state index is 0.308. The average Bonchev–Trinajstić information content (AvgIpc) is 3.03. The van der Waals surface area contributed by atoms with Crippen LogP contribution in [0.4, 0.5) is 0 Å². The van der Waals surface area contributed by atoms with E-state index in [1.165, 1.54) is 24.5 Å². The second kappa shape index (κ2) is 5.02. The highest BCUT2D eigenvalue weighted by Gasteiger charge is 2.29. The first kappa shape index (κ1) is 12.2. The fourth-order valence-electron chi connectivity index (χ4n) is 3.34. The molecule has 0 bridgehead atoms. The van der Waals surface area contributed by atoms with Gasteiger partial charge in [-0.3, -0.25) is 0 Å². The first-order valence-corrected chi connectivity index (χ1v) is 7.19. The summed E-state index contributed by atoms with van der Waals surface area (Å²) in [6, 6.07) is 0. The third kappa shape index (κ3) is 2.08. The lowest BCUT2D eigenvalue weighted by molar-refractivity contribution is 0.189. The molecule has 0 amide bonds. The highest BCUT2D eigenvalue weighted by Crippen LogP contribution is 2.30. The van der Waals surface area contributed by atoms with Crippen LogP contribution in [-0.4, -0.2) is 45.8 Å². The van der Waals surface area contributed by atoms with Crippen LogP contribution in [0.3, 0.4) is 0 Å². The van der Waals surface area contributed by atoms with Crippen LogP contribution in [0.1, 0.15) is 37.2 Å². The Hall–Kier alpha value is -0.870. The van der Waals surface area contributed by atoms with Crippen molar-refractivity contribution in [3.63, 3.8) is 0 Å². The van der Waals surface area contributed by atoms with Gasteiger partial charge in [-0.05, 0) is 32.4 Å². The molecule has 2 atom stereocenters. The number of aliphatic hydroxyl groups excluding tert-OH is 1. The normalized spacial score (nSPS) is 28.6. The Morgan fingerprint density at radius 3 is 3.00 bits per heavy atom. The van der Waals surface area contributed by atoms with Crippen molar-refractivity contribution in [1.82, 2.24) is 14.5 Å². The zero-order valence-corrected chi connectivity index (χ0v) is 11.2. The summed E-state index contributed by atoms with van der Waals surface area (Å²) in [4.78, 5) is 7.17. The number of rotatable bonds is 3. The van der Waals surface area contributed by atoms with Crippen LogP contribution in [0, 0.1) is 5.92 Å². The molecule has 1 aromatic heterocycles. The van der Waals surface area contributed by atoms with Crippen molar-refractivity contribution >= 4 is 0 Å². The van der Waals surface area contributed by atoms with Gasteiger partial charge >= 0.3 is 0 Å². The quantitative estimate of drug-likeness (QED) is 0.876. The molecular weight excluding hydrogens is 226 g/mol. The van der Waals surface area contributed by atoms with Gasteiger partial charge in [0.05, 0.1) is 0 Å². The Labute approximate surface area is 109 Å². The number of hydrogen-bond donors (Lipinski definition) is 1. The van der Waals surface area contributed by atoms with E-state index in [-0.39, 0.29) is 0 Å². The second-order valence-electron chi connectivity index (χ2n) is 5.68. The van der Waals surface area contributed by atoms with Crippen LogP contribution in [0.15, 0.2) is 6.20 Å². The van der Waals surface area contributed by atoms with Gasteiger partial charge in [-0.1, -0.05) is 6.92 Å². The van der Waals surface area contributed by atoms with Crippen LogP contribution >= 0.6 is 0 Å². The molecule has 1 aromatic rings. The molecule has 0 aliphatic carbocycles. The van der Waals surface area contributed by atoms with Gasteiger partial charge in [0.1, 0.15) is 5.82 Å². The predicted octanol–water partition coefficient (Wildman–Crippen LogP) is 1.25. The summed E-state index contributed by atoms with van der Waals surface area (Å²) >= 11 is 0. The molecule has 4 nitrogen and oxygen atoms in total. The van der Waals surface area contributed by atoms with Gasteiger partial charge in [-0.15, -0.1) is 0 Å². The van der Waals surface area contributed by atoms with Crippen molar-refractivity contribution in [2.75, 3.05) is 26.2 Å². The van der Waals surface area contributed by atoms with E-state index in [1.807, 2.05) is 0 Å². The summed E-state index contributed by atoms with van der Waals surface area (Å²) < 4.78 is 2.38. The molecule has 2 aliphatic rings.